The molecule has 2 rings (SSSR count). The zero-order chi connectivity index (χ0) is 17.2. The van der Waals surface area contributed by atoms with Crippen LogP contribution in [0.15, 0.2) is 36.4 Å². The van der Waals surface area contributed by atoms with E-state index in [1.807, 2.05) is 6.92 Å². The minimum Gasteiger partial charge on any atom is -0.322 e. The smallest absolute Gasteiger partial charge is 0.322 e. The van der Waals surface area contributed by atoms with Crippen molar-refractivity contribution in [1.29, 1.82) is 0 Å². The molecule has 0 aromatic heterocycles. The summed E-state index contributed by atoms with van der Waals surface area (Å²) in [5, 5.41) is 2.05. The highest BCUT2D eigenvalue weighted by atomic mass is 35.5. The lowest BCUT2D eigenvalue weighted by Gasteiger charge is -2.11. The minimum atomic E-state index is -4.63. The molecule has 2 aromatic carbocycles. The maximum Gasteiger partial charge on any atom is 0.417 e. The Morgan fingerprint density at radius 2 is 1.91 bits per heavy atom. The molecule has 0 unspecified atom stereocenters. The highest BCUT2D eigenvalue weighted by molar-refractivity contribution is 6.31. The Balaban J connectivity index is 2.30. The number of rotatable bonds is 2. The van der Waals surface area contributed by atoms with Gasteiger partial charge in [0, 0.05) is 16.8 Å². The zero-order valence-corrected chi connectivity index (χ0v) is 12.7. The standard InChI is InChI=1S/C17H11ClF3NO/c1-3-11-8-13(6-4-10(11)2)22-16(23)12-5-7-15(18)14(9-12)17(19,20)21/h1,4-9H,2H3,(H,22,23). The summed E-state index contributed by atoms with van der Waals surface area (Å²) in [6.07, 6.45) is 0.712. The molecule has 2 aromatic rings. The monoisotopic (exact) mass is 337 g/mol. The molecule has 0 heterocycles. The molecule has 118 valence electrons. The molecule has 0 aliphatic rings. The van der Waals surface area contributed by atoms with E-state index in [1.54, 1.807) is 18.2 Å². The topological polar surface area (TPSA) is 29.1 Å². The van der Waals surface area contributed by atoms with Gasteiger partial charge in [0.15, 0.2) is 0 Å². The number of alkyl halides is 3. The fraction of sp³-hybridized carbons (Fsp3) is 0.118. The van der Waals surface area contributed by atoms with Crippen LogP contribution in [0.2, 0.25) is 5.02 Å². The molecule has 0 radical (unpaired) electrons. The van der Waals surface area contributed by atoms with E-state index in [9.17, 15) is 18.0 Å². The van der Waals surface area contributed by atoms with Crippen molar-refractivity contribution in [3.8, 4) is 12.3 Å². The van der Waals surface area contributed by atoms with Gasteiger partial charge in [0.25, 0.3) is 5.91 Å². The van der Waals surface area contributed by atoms with Gasteiger partial charge in [0.1, 0.15) is 0 Å². The zero-order valence-electron chi connectivity index (χ0n) is 12.0. The first-order valence-corrected chi connectivity index (χ1v) is 6.85. The second kappa shape index (κ2) is 6.35. The number of hydrogen-bond acceptors (Lipinski definition) is 1. The van der Waals surface area contributed by atoms with Crippen LogP contribution < -0.4 is 5.32 Å². The first-order chi connectivity index (χ1) is 10.7. The lowest BCUT2D eigenvalue weighted by Crippen LogP contribution is -2.14. The van der Waals surface area contributed by atoms with Crippen LogP contribution in [-0.4, -0.2) is 5.91 Å². The molecule has 0 spiro atoms. The fourth-order valence-electron chi connectivity index (χ4n) is 1.94. The first kappa shape index (κ1) is 16.9. The molecule has 1 amide bonds. The average molecular weight is 338 g/mol. The van der Waals surface area contributed by atoms with E-state index in [0.29, 0.717) is 17.3 Å². The van der Waals surface area contributed by atoms with Gasteiger partial charge >= 0.3 is 6.18 Å². The third-order valence-electron chi connectivity index (χ3n) is 3.18. The van der Waals surface area contributed by atoms with Crippen LogP contribution in [0, 0.1) is 19.3 Å². The van der Waals surface area contributed by atoms with E-state index >= 15 is 0 Å². The quantitative estimate of drug-likeness (QED) is 0.776. The number of halogens is 4. The van der Waals surface area contributed by atoms with Crippen molar-refractivity contribution in [1.82, 2.24) is 0 Å². The third kappa shape index (κ3) is 3.85. The maximum atomic E-state index is 12.8. The van der Waals surface area contributed by atoms with E-state index in [4.69, 9.17) is 18.0 Å². The van der Waals surface area contributed by atoms with Crippen molar-refractivity contribution in [2.45, 2.75) is 13.1 Å². The molecule has 0 saturated heterocycles. The molecule has 0 aliphatic carbocycles. The number of terminal acetylenes is 1. The van der Waals surface area contributed by atoms with Crippen molar-refractivity contribution in [2.75, 3.05) is 5.32 Å². The predicted octanol–water partition coefficient (Wildman–Crippen LogP) is 4.90. The molecular weight excluding hydrogens is 327 g/mol. The Bertz CT molecular complexity index is 806. The molecule has 0 aliphatic heterocycles. The predicted molar refractivity (Wildman–Crippen MR) is 83.5 cm³/mol. The molecule has 1 N–H and O–H groups in total. The highest BCUT2D eigenvalue weighted by Crippen LogP contribution is 2.35. The van der Waals surface area contributed by atoms with Crippen molar-refractivity contribution < 1.29 is 18.0 Å². The second-order valence-electron chi connectivity index (χ2n) is 4.82. The Labute approximate surface area is 136 Å². The number of carbonyl (C=O) groups is 1. The second-order valence-corrected chi connectivity index (χ2v) is 5.23. The minimum absolute atomic E-state index is 0.149. The summed E-state index contributed by atoms with van der Waals surface area (Å²) in [5.74, 6) is 1.79. The van der Waals surface area contributed by atoms with E-state index in [2.05, 4.69) is 11.2 Å². The Hall–Kier alpha value is -2.45. The fourth-order valence-corrected chi connectivity index (χ4v) is 2.17. The van der Waals surface area contributed by atoms with Gasteiger partial charge in [-0.05, 0) is 42.8 Å². The van der Waals surface area contributed by atoms with Gasteiger partial charge in [0.2, 0.25) is 0 Å². The molecule has 0 fully saturated rings. The Kier molecular flexibility index (Phi) is 4.67. The number of aryl methyl sites for hydroxylation is 1. The molecule has 0 saturated carbocycles. The lowest BCUT2D eigenvalue weighted by atomic mass is 10.1. The molecule has 2 nitrogen and oxygen atoms in total. The van der Waals surface area contributed by atoms with Gasteiger partial charge < -0.3 is 5.32 Å². The number of amides is 1. The van der Waals surface area contributed by atoms with E-state index in [0.717, 1.165) is 11.6 Å². The summed E-state index contributed by atoms with van der Waals surface area (Å²) in [6.45, 7) is 1.82. The number of anilines is 1. The summed E-state index contributed by atoms with van der Waals surface area (Å²) in [4.78, 5) is 12.1. The Morgan fingerprint density at radius 3 is 2.52 bits per heavy atom. The number of nitrogens with one attached hydrogen (secondary N) is 1. The highest BCUT2D eigenvalue weighted by Gasteiger charge is 2.33. The number of hydrogen-bond donors (Lipinski definition) is 1. The van der Waals surface area contributed by atoms with Gasteiger partial charge in [-0.25, -0.2) is 0 Å². The molecule has 6 heteroatoms. The normalized spacial score (nSPS) is 11.0. The van der Waals surface area contributed by atoms with Crippen LogP contribution in [0.5, 0.6) is 0 Å². The van der Waals surface area contributed by atoms with Crippen molar-refractivity contribution >= 4 is 23.2 Å². The Morgan fingerprint density at radius 1 is 1.22 bits per heavy atom. The largest absolute Gasteiger partial charge is 0.417 e. The summed E-state index contributed by atoms with van der Waals surface area (Å²) in [7, 11) is 0. The summed E-state index contributed by atoms with van der Waals surface area (Å²) in [5.41, 5.74) is 0.646. The van der Waals surface area contributed by atoms with Crippen molar-refractivity contribution in [2.24, 2.45) is 0 Å². The van der Waals surface area contributed by atoms with Gasteiger partial charge in [-0.1, -0.05) is 23.6 Å². The van der Waals surface area contributed by atoms with Crippen LogP contribution >= 0.6 is 11.6 Å². The van der Waals surface area contributed by atoms with E-state index in [-0.39, 0.29) is 5.56 Å². The molecule has 0 atom stereocenters. The van der Waals surface area contributed by atoms with E-state index < -0.39 is 22.7 Å². The number of carbonyl (C=O) groups excluding carboxylic acids is 1. The molecular formula is C17H11ClF3NO. The van der Waals surface area contributed by atoms with Gasteiger partial charge in [-0.2, -0.15) is 13.2 Å². The maximum absolute atomic E-state index is 12.8. The number of benzene rings is 2. The van der Waals surface area contributed by atoms with E-state index in [1.165, 1.54) is 6.07 Å². The van der Waals surface area contributed by atoms with Gasteiger partial charge in [-0.15, -0.1) is 6.42 Å². The molecule has 0 bridgehead atoms. The summed E-state index contributed by atoms with van der Waals surface area (Å²) in [6, 6.07) is 7.90. The third-order valence-corrected chi connectivity index (χ3v) is 3.51. The van der Waals surface area contributed by atoms with Crippen LogP contribution in [0.3, 0.4) is 0 Å². The van der Waals surface area contributed by atoms with Crippen LogP contribution in [0.1, 0.15) is 27.0 Å². The van der Waals surface area contributed by atoms with Crippen LogP contribution in [-0.2, 0) is 6.18 Å². The average Bonchev–Trinajstić information content (AvgIpc) is 2.48. The lowest BCUT2D eigenvalue weighted by molar-refractivity contribution is -0.137. The van der Waals surface area contributed by atoms with Gasteiger partial charge in [-0.3, -0.25) is 4.79 Å². The summed E-state index contributed by atoms with van der Waals surface area (Å²) < 4.78 is 38.5. The van der Waals surface area contributed by atoms with Crippen LogP contribution in [0.4, 0.5) is 18.9 Å². The molecule has 23 heavy (non-hydrogen) atoms. The van der Waals surface area contributed by atoms with Crippen molar-refractivity contribution in [3.05, 3.63) is 63.7 Å². The van der Waals surface area contributed by atoms with Crippen molar-refractivity contribution in [3.63, 3.8) is 0 Å². The SMILES string of the molecule is C#Cc1cc(NC(=O)c2ccc(Cl)c(C(F)(F)F)c2)ccc1C. The summed E-state index contributed by atoms with van der Waals surface area (Å²) >= 11 is 5.53. The first-order valence-electron chi connectivity index (χ1n) is 6.47. The van der Waals surface area contributed by atoms with Crippen LogP contribution in [0.25, 0.3) is 0 Å². The van der Waals surface area contributed by atoms with Gasteiger partial charge in [0.05, 0.1) is 10.6 Å².